The van der Waals surface area contributed by atoms with Crippen molar-refractivity contribution in [2.75, 3.05) is 7.11 Å². The number of hydrogen-bond donors (Lipinski definition) is 1. The summed E-state index contributed by atoms with van der Waals surface area (Å²) in [5, 5.41) is 0. The second-order valence-corrected chi connectivity index (χ2v) is 5.02. The maximum Gasteiger partial charge on any atom is 0.178 e. The number of nitrogens with one attached hydrogen (secondary N) is 1. The normalized spacial score (nSPS) is 11.0. The first-order valence-electron chi connectivity index (χ1n) is 6.29. The van der Waals surface area contributed by atoms with Crippen LogP contribution in [-0.4, -0.2) is 16.7 Å². The van der Waals surface area contributed by atoms with E-state index in [0.29, 0.717) is 10.5 Å². The van der Waals surface area contributed by atoms with Crippen molar-refractivity contribution >= 4 is 23.3 Å². The van der Waals surface area contributed by atoms with Crippen LogP contribution < -0.4 is 4.74 Å². The van der Waals surface area contributed by atoms with Crippen molar-refractivity contribution in [3.05, 3.63) is 58.4 Å². The first kappa shape index (κ1) is 13.8. The summed E-state index contributed by atoms with van der Waals surface area (Å²) in [5.41, 5.74) is 1.85. The lowest BCUT2D eigenvalue weighted by Crippen LogP contribution is -2.02. The lowest BCUT2D eigenvalue weighted by Gasteiger charge is -2.07. The number of aromatic amines is 1. The molecule has 0 radical (unpaired) electrons. The van der Waals surface area contributed by atoms with Crippen LogP contribution in [0.25, 0.3) is 11.0 Å². The molecule has 1 N–H and O–H groups in total. The molecule has 6 heteroatoms. The Morgan fingerprint density at radius 2 is 2.00 bits per heavy atom. The first-order valence-corrected chi connectivity index (χ1v) is 6.70. The largest absolute Gasteiger partial charge is 0.497 e. The van der Waals surface area contributed by atoms with Gasteiger partial charge in [0.25, 0.3) is 0 Å². The molecule has 3 nitrogen and oxygen atoms in total. The number of H-pyrrole nitrogens is 1. The monoisotopic (exact) mass is 306 g/mol. The molecule has 0 unspecified atom stereocenters. The molecule has 0 bridgehead atoms. The summed E-state index contributed by atoms with van der Waals surface area (Å²) in [6.45, 7) is 0.161. The topological polar surface area (TPSA) is 29.9 Å². The summed E-state index contributed by atoms with van der Waals surface area (Å²) in [4.78, 5) is 3.04. The number of halogens is 2. The SMILES string of the molecule is COc1ccc2c(c1)[nH]c(=S)n2Cc1cc(F)ccc1F. The minimum atomic E-state index is -0.473. The second-order valence-electron chi connectivity index (χ2n) is 4.64. The number of benzene rings is 2. The Bertz CT molecular complexity index is 870. The summed E-state index contributed by atoms with van der Waals surface area (Å²) in [6, 6.07) is 8.83. The van der Waals surface area contributed by atoms with Crippen LogP contribution in [0.15, 0.2) is 36.4 Å². The Labute approximate surface area is 124 Å². The molecule has 0 amide bonds. The molecule has 21 heavy (non-hydrogen) atoms. The van der Waals surface area contributed by atoms with Crippen LogP contribution in [0, 0.1) is 16.4 Å². The standard InChI is InChI=1S/C15H12F2N2OS/c1-20-11-3-5-14-13(7-11)18-15(21)19(14)8-9-6-10(16)2-4-12(9)17/h2-7H,8H2,1H3,(H,18,21). The molecule has 0 aliphatic carbocycles. The Balaban J connectivity index is 2.10. The minimum absolute atomic E-state index is 0.161. The highest BCUT2D eigenvalue weighted by molar-refractivity contribution is 7.71. The molecule has 0 saturated heterocycles. The Hall–Kier alpha value is -2.21. The predicted molar refractivity (Wildman–Crippen MR) is 79.1 cm³/mol. The van der Waals surface area contributed by atoms with Crippen LogP contribution in [0.3, 0.4) is 0 Å². The fourth-order valence-corrected chi connectivity index (χ4v) is 2.53. The summed E-state index contributed by atoms with van der Waals surface area (Å²) in [7, 11) is 1.58. The number of fused-ring (bicyclic) bond motifs is 1. The van der Waals surface area contributed by atoms with Crippen molar-refractivity contribution in [3.63, 3.8) is 0 Å². The van der Waals surface area contributed by atoms with E-state index in [0.717, 1.165) is 23.2 Å². The third kappa shape index (κ3) is 2.54. The molecule has 0 aliphatic rings. The van der Waals surface area contributed by atoms with Gasteiger partial charge in [0.1, 0.15) is 17.4 Å². The summed E-state index contributed by atoms with van der Waals surface area (Å²) < 4.78 is 34.4. The number of nitrogens with zero attached hydrogens (tertiary/aromatic N) is 1. The van der Waals surface area contributed by atoms with Crippen LogP contribution in [0.4, 0.5) is 8.78 Å². The fraction of sp³-hybridized carbons (Fsp3) is 0.133. The van der Waals surface area contributed by atoms with Gasteiger partial charge in [-0.3, -0.25) is 0 Å². The van der Waals surface area contributed by atoms with Crippen molar-refractivity contribution < 1.29 is 13.5 Å². The van der Waals surface area contributed by atoms with E-state index >= 15 is 0 Å². The Morgan fingerprint density at radius 1 is 1.19 bits per heavy atom. The molecule has 0 atom stereocenters. The molecular formula is C15H12F2N2OS. The molecule has 1 aromatic heterocycles. The summed E-state index contributed by atoms with van der Waals surface area (Å²) in [6.07, 6.45) is 0. The van der Waals surface area contributed by atoms with E-state index in [9.17, 15) is 8.78 Å². The highest BCUT2D eigenvalue weighted by Gasteiger charge is 2.10. The van der Waals surface area contributed by atoms with E-state index in [2.05, 4.69) is 4.98 Å². The van der Waals surface area contributed by atoms with Gasteiger partial charge in [0, 0.05) is 11.6 Å². The Morgan fingerprint density at radius 3 is 2.76 bits per heavy atom. The van der Waals surface area contributed by atoms with Gasteiger partial charge in [-0.2, -0.15) is 0 Å². The van der Waals surface area contributed by atoms with E-state index < -0.39 is 11.6 Å². The van der Waals surface area contributed by atoms with Gasteiger partial charge in [0.15, 0.2) is 4.77 Å². The van der Waals surface area contributed by atoms with Crippen molar-refractivity contribution in [1.29, 1.82) is 0 Å². The average Bonchev–Trinajstić information content (AvgIpc) is 2.78. The molecule has 0 aliphatic heterocycles. The molecule has 0 saturated carbocycles. The number of imidazole rings is 1. The molecule has 0 spiro atoms. The van der Waals surface area contributed by atoms with E-state index in [1.807, 2.05) is 12.1 Å². The van der Waals surface area contributed by atoms with Gasteiger partial charge in [-0.15, -0.1) is 0 Å². The third-order valence-electron chi connectivity index (χ3n) is 3.32. The highest BCUT2D eigenvalue weighted by Crippen LogP contribution is 2.22. The molecular weight excluding hydrogens is 294 g/mol. The van der Waals surface area contributed by atoms with Crippen molar-refractivity contribution in [1.82, 2.24) is 9.55 Å². The van der Waals surface area contributed by atoms with Crippen LogP contribution in [0.2, 0.25) is 0 Å². The van der Waals surface area contributed by atoms with Crippen LogP contribution in [0.5, 0.6) is 5.75 Å². The second kappa shape index (κ2) is 5.29. The summed E-state index contributed by atoms with van der Waals surface area (Å²) in [5.74, 6) is -0.233. The predicted octanol–water partition coefficient (Wildman–Crippen LogP) is 4.03. The van der Waals surface area contributed by atoms with Gasteiger partial charge in [-0.25, -0.2) is 8.78 Å². The van der Waals surface area contributed by atoms with Crippen LogP contribution in [0.1, 0.15) is 5.56 Å². The number of methoxy groups -OCH3 is 1. The third-order valence-corrected chi connectivity index (χ3v) is 3.64. The van der Waals surface area contributed by atoms with E-state index in [4.69, 9.17) is 17.0 Å². The van der Waals surface area contributed by atoms with Gasteiger partial charge in [-0.1, -0.05) is 0 Å². The zero-order valence-electron chi connectivity index (χ0n) is 11.2. The zero-order valence-corrected chi connectivity index (χ0v) is 12.0. The molecule has 108 valence electrons. The van der Waals surface area contributed by atoms with Gasteiger partial charge < -0.3 is 14.3 Å². The molecule has 1 heterocycles. The van der Waals surface area contributed by atoms with Crippen LogP contribution >= 0.6 is 12.2 Å². The fourth-order valence-electron chi connectivity index (χ4n) is 2.26. The smallest absolute Gasteiger partial charge is 0.178 e. The molecule has 3 aromatic rings. The maximum absolute atomic E-state index is 13.8. The lowest BCUT2D eigenvalue weighted by molar-refractivity contribution is 0.415. The average molecular weight is 306 g/mol. The molecule has 2 aromatic carbocycles. The van der Waals surface area contributed by atoms with Crippen molar-refractivity contribution in [2.24, 2.45) is 0 Å². The van der Waals surface area contributed by atoms with Gasteiger partial charge in [-0.05, 0) is 42.5 Å². The van der Waals surface area contributed by atoms with Crippen molar-refractivity contribution in [3.8, 4) is 5.75 Å². The lowest BCUT2D eigenvalue weighted by atomic mass is 10.2. The Kier molecular flexibility index (Phi) is 3.47. The van der Waals surface area contributed by atoms with E-state index in [-0.39, 0.29) is 12.1 Å². The van der Waals surface area contributed by atoms with Gasteiger partial charge >= 0.3 is 0 Å². The number of rotatable bonds is 3. The maximum atomic E-state index is 13.8. The molecule has 3 rings (SSSR count). The highest BCUT2D eigenvalue weighted by atomic mass is 32.1. The van der Waals surface area contributed by atoms with Crippen LogP contribution in [-0.2, 0) is 6.54 Å². The zero-order chi connectivity index (χ0) is 15.0. The van der Waals surface area contributed by atoms with E-state index in [1.165, 1.54) is 6.07 Å². The number of aromatic nitrogens is 2. The number of hydrogen-bond acceptors (Lipinski definition) is 2. The van der Waals surface area contributed by atoms with Crippen molar-refractivity contribution in [2.45, 2.75) is 6.54 Å². The number of ether oxygens (including phenoxy) is 1. The summed E-state index contributed by atoms with van der Waals surface area (Å²) >= 11 is 5.26. The molecule has 0 fully saturated rings. The first-order chi connectivity index (χ1) is 10.1. The quantitative estimate of drug-likeness (QED) is 0.740. The minimum Gasteiger partial charge on any atom is -0.497 e. The van der Waals surface area contributed by atoms with Gasteiger partial charge in [0.05, 0.1) is 24.7 Å². The van der Waals surface area contributed by atoms with E-state index in [1.54, 1.807) is 17.7 Å². The van der Waals surface area contributed by atoms with Gasteiger partial charge in [0.2, 0.25) is 0 Å².